The second kappa shape index (κ2) is 8.21. The zero-order valence-corrected chi connectivity index (χ0v) is 13.8. The van der Waals surface area contributed by atoms with Crippen molar-refractivity contribution in [2.45, 2.75) is 24.6 Å². The standard InChI is InChI=1S/C14H20N4OS2/c1-3-5-15-12-7-13(18-14(17-12)20-2)16-8-11(19)10-4-6-21-9-10/h4,6-7,9,11,19H,3,5,8H2,1-2H3,(H2,15,16,17,18). The van der Waals surface area contributed by atoms with Gasteiger partial charge in [-0.3, -0.25) is 0 Å². The van der Waals surface area contributed by atoms with E-state index < -0.39 is 6.10 Å². The first-order valence-corrected chi connectivity index (χ1v) is 9.00. The fraction of sp³-hybridized carbons (Fsp3) is 0.429. The van der Waals surface area contributed by atoms with Crippen molar-refractivity contribution in [3.8, 4) is 0 Å². The third-order valence-electron chi connectivity index (χ3n) is 2.85. The van der Waals surface area contributed by atoms with Crippen LogP contribution in [-0.2, 0) is 0 Å². The number of aliphatic hydroxyl groups is 1. The Labute approximate surface area is 133 Å². The number of nitrogens with zero attached hydrogens (tertiary/aromatic N) is 2. The van der Waals surface area contributed by atoms with Crippen LogP contribution < -0.4 is 10.6 Å². The van der Waals surface area contributed by atoms with E-state index in [0.29, 0.717) is 11.7 Å². The van der Waals surface area contributed by atoms with Crippen molar-refractivity contribution in [1.82, 2.24) is 9.97 Å². The molecular weight excluding hydrogens is 304 g/mol. The van der Waals surface area contributed by atoms with Crippen LogP contribution in [-0.4, -0.2) is 34.4 Å². The molecule has 0 saturated heterocycles. The van der Waals surface area contributed by atoms with Crippen LogP contribution >= 0.6 is 23.1 Å². The van der Waals surface area contributed by atoms with E-state index in [4.69, 9.17) is 0 Å². The van der Waals surface area contributed by atoms with Gasteiger partial charge in [0.05, 0.1) is 6.10 Å². The average Bonchev–Trinajstić information content (AvgIpc) is 3.04. The van der Waals surface area contributed by atoms with Crippen LogP contribution in [0.4, 0.5) is 11.6 Å². The first kappa shape index (κ1) is 16.1. The number of hydrogen-bond acceptors (Lipinski definition) is 7. The Balaban J connectivity index is 2.01. The fourth-order valence-electron chi connectivity index (χ4n) is 1.73. The third-order valence-corrected chi connectivity index (χ3v) is 4.10. The molecule has 0 aliphatic carbocycles. The molecule has 5 nitrogen and oxygen atoms in total. The van der Waals surface area contributed by atoms with Crippen molar-refractivity contribution in [2.75, 3.05) is 30.0 Å². The summed E-state index contributed by atoms with van der Waals surface area (Å²) in [4.78, 5) is 8.81. The van der Waals surface area contributed by atoms with Crippen LogP contribution in [0.15, 0.2) is 28.0 Å². The number of aromatic nitrogens is 2. The molecule has 7 heteroatoms. The highest BCUT2D eigenvalue weighted by atomic mass is 32.2. The van der Waals surface area contributed by atoms with Crippen LogP contribution in [0.2, 0.25) is 0 Å². The van der Waals surface area contributed by atoms with Crippen LogP contribution in [0.5, 0.6) is 0 Å². The molecule has 3 N–H and O–H groups in total. The maximum atomic E-state index is 10.1. The molecule has 0 amide bonds. The van der Waals surface area contributed by atoms with Crippen molar-refractivity contribution in [3.05, 3.63) is 28.5 Å². The van der Waals surface area contributed by atoms with Crippen LogP contribution in [0.1, 0.15) is 25.0 Å². The monoisotopic (exact) mass is 324 g/mol. The van der Waals surface area contributed by atoms with Gasteiger partial charge in [0.2, 0.25) is 0 Å². The Bertz CT molecular complexity index is 548. The molecule has 0 bridgehead atoms. The molecule has 21 heavy (non-hydrogen) atoms. The van der Waals surface area contributed by atoms with Gasteiger partial charge in [-0.25, -0.2) is 9.97 Å². The molecule has 0 saturated carbocycles. The van der Waals surface area contributed by atoms with Crippen molar-refractivity contribution < 1.29 is 5.11 Å². The molecule has 2 aromatic heterocycles. The summed E-state index contributed by atoms with van der Waals surface area (Å²) in [7, 11) is 0. The van der Waals surface area contributed by atoms with E-state index in [2.05, 4.69) is 27.5 Å². The summed E-state index contributed by atoms with van der Waals surface area (Å²) in [6.45, 7) is 3.41. The van der Waals surface area contributed by atoms with Gasteiger partial charge < -0.3 is 15.7 Å². The number of thiophene rings is 1. The van der Waals surface area contributed by atoms with Gasteiger partial charge in [0, 0.05) is 19.2 Å². The van der Waals surface area contributed by atoms with E-state index in [9.17, 15) is 5.11 Å². The molecule has 0 radical (unpaired) electrons. The SMILES string of the molecule is CCCNc1cc(NCC(O)c2ccsc2)nc(SC)n1. The van der Waals surface area contributed by atoms with Gasteiger partial charge in [-0.2, -0.15) is 11.3 Å². The summed E-state index contributed by atoms with van der Waals surface area (Å²) in [5, 5.41) is 21.1. The lowest BCUT2D eigenvalue weighted by Gasteiger charge is -2.13. The first-order chi connectivity index (χ1) is 10.2. The van der Waals surface area contributed by atoms with Crippen molar-refractivity contribution >= 4 is 34.7 Å². The molecule has 114 valence electrons. The summed E-state index contributed by atoms with van der Waals surface area (Å²) >= 11 is 3.08. The van der Waals surface area contributed by atoms with E-state index in [0.717, 1.165) is 30.2 Å². The Morgan fingerprint density at radius 2 is 2.10 bits per heavy atom. The van der Waals surface area contributed by atoms with Crippen LogP contribution in [0, 0.1) is 0 Å². The van der Waals surface area contributed by atoms with Gasteiger partial charge >= 0.3 is 0 Å². The molecular formula is C14H20N4OS2. The van der Waals surface area contributed by atoms with Gasteiger partial charge in [-0.15, -0.1) is 0 Å². The van der Waals surface area contributed by atoms with Crippen molar-refractivity contribution in [3.63, 3.8) is 0 Å². The Morgan fingerprint density at radius 1 is 1.33 bits per heavy atom. The summed E-state index contributed by atoms with van der Waals surface area (Å²) in [6.07, 6.45) is 2.46. The Hall–Kier alpha value is -1.31. The smallest absolute Gasteiger partial charge is 0.191 e. The number of thioether (sulfide) groups is 1. The molecule has 0 fully saturated rings. The van der Waals surface area contributed by atoms with Gasteiger partial charge in [-0.05, 0) is 35.1 Å². The number of rotatable bonds is 8. The molecule has 2 aromatic rings. The van der Waals surface area contributed by atoms with Gasteiger partial charge in [0.1, 0.15) is 11.6 Å². The predicted octanol–water partition coefficient (Wildman–Crippen LogP) is 3.23. The second-order valence-corrected chi connectivity index (χ2v) is 6.06. The van der Waals surface area contributed by atoms with Gasteiger partial charge in [-0.1, -0.05) is 18.7 Å². The minimum absolute atomic E-state index is 0.425. The minimum atomic E-state index is -0.531. The van der Waals surface area contributed by atoms with Crippen LogP contribution in [0.3, 0.4) is 0 Å². The van der Waals surface area contributed by atoms with Gasteiger partial charge in [0.15, 0.2) is 5.16 Å². The maximum Gasteiger partial charge on any atom is 0.191 e. The highest BCUT2D eigenvalue weighted by Gasteiger charge is 2.09. The maximum absolute atomic E-state index is 10.1. The predicted molar refractivity (Wildman–Crippen MR) is 90.4 cm³/mol. The van der Waals surface area contributed by atoms with E-state index in [1.807, 2.05) is 29.1 Å². The molecule has 2 heterocycles. The topological polar surface area (TPSA) is 70.1 Å². The van der Waals surface area contributed by atoms with Crippen LogP contribution in [0.25, 0.3) is 0 Å². The molecule has 1 unspecified atom stereocenters. The molecule has 1 atom stereocenters. The number of hydrogen-bond donors (Lipinski definition) is 3. The summed E-state index contributed by atoms with van der Waals surface area (Å²) < 4.78 is 0. The zero-order valence-electron chi connectivity index (χ0n) is 12.2. The van der Waals surface area contributed by atoms with Gasteiger partial charge in [0.25, 0.3) is 0 Å². The Kier molecular flexibility index (Phi) is 6.28. The summed E-state index contributed by atoms with van der Waals surface area (Å²) in [5.74, 6) is 1.53. The number of anilines is 2. The minimum Gasteiger partial charge on any atom is -0.387 e. The van der Waals surface area contributed by atoms with E-state index in [1.54, 1.807) is 11.3 Å². The molecule has 2 rings (SSSR count). The number of aliphatic hydroxyl groups excluding tert-OH is 1. The van der Waals surface area contributed by atoms with E-state index in [1.165, 1.54) is 11.8 Å². The van der Waals surface area contributed by atoms with E-state index in [-0.39, 0.29) is 0 Å². The lowest BCUT2D eigenvalue weighted by atomic mass is 10.2. The van der Waals surface area contributed by atoms with E-state index >= 15 is 0 Å². The average molecular weight is 324 g/mol. The fourth-order valence-corrected chi connectivity index (χ4v) is 2.82. The molecule has 0 spiro atoms. The summed E-state index contributed by atoms with van der Waals surface area (Å²) in [5.41, 5.74) is 0.927. The highest BCUT2D eigenvalue weighted by molar-refractivity contribution is 7.98. The lowest BCUT2D eigenvalue weighted by Crippen LogP contribution is -2.13. The lowest BCUT2D eigenvalue weighted by molar-refractivity contribution is 0.192. The largest absolute Gasteiger partial charge is 0.387 e. The molecule has 0 aliphatic heterocycles. The highest BCUT2D eigenvalue weighted by Crippen LogP contribution is 2.20. The molecule has 0 aromatic carbocycles. The normalized spacial score (nSPS) is 12.1. The number of nitrogens with one attached hydrogen (secondary N) is 2. The quantitative estimate of drug-likeness (QED) is 0.511. The first-order valence-electron chi connectivity index (χ1n) is 6.84. The summed E-state index contributed by atoms with van der Waals surface area (Å²) in [6, 6.07) is 3.80. The third kappa shape index (κ3) is 4.87. The zero-order chi connectivity index (χ0) is 15.1. The van der Waals surface area contributed by atoms with Crippen molar-refractivity contribution in [1.29, 1.82) is 0 Å². The second-order valence-electron chi connectivity index (χ2n) is 4.51. The Morgan fingerprint density at radius 3 is 2.71 bits per heavy atom. The molecule has 0 aliphatic rings. The van der Waals surface area contributed by atoms with Crippen molar-refractivity contribution in [2.24, 2.45) is 0 Å².